The van der Waals surface area contributed by atoms with Crippen molar-refractivity contribution in [2.24, 2.45) is 5.92 Å². The zero-order valence-electron chi connectivity index (χ0n) is 10.5. The first-order valence-corrected chi connectivity index (χ1v) is 5.78. The van der Waals surface area contributed by atoms with Gasteiger partial charge in [0.1, 0.15) is 0 Å². The summed E-state index contributed by atoms with van der Waals surface area (Å²) in [6.45, 7) is 3.81. The summed E-state index contributed by atoms with van der Waals surface area (Å²) >= 11 is 0. The lowest BCUT2D eigenvalue weighted by molar-refractivity contribution is -0.141. The Hall–Kier alpha value is -1.64. The van der Waals surface area contributed by atoms with Crippen molar-refractivity contribution in [3.05, 3.63) is 35.4 Å². The van der Waals surface area contributed by atoms with E-state index in [2.05, 4.69) is 11.7 Å². The minimum atomic E-state index is -0.351. The number of hydrogen-bond donors (Lipinski definition) is 0. The van der Waals surface area contributed by atoms with Crippen molar-refractivity contribution in [2.75, 3.05) is 7.11 Å². The van der Waals surface area contributed by atoms with E-state index in [0.717, 1.165) is 6.42 Å². The number of Topliss-reactive ketones (excluding diaryl/α,β-unsaturated/α-hetero) is 1. The normalized spacial score (nSPS) is 11.9. The van der Waals surface area contributed by atoms with Crippen molar-refractivity contribution in [1.29, 1.82) is 0 Å². The number of benzene rings is 1. The molecule has 17 heavy (non-hydrogen) atoms. The smallest absolute Gasteiger partial charge is 0.306 e. The Morgan fingerprint density at radius 3 is 2.29 bits per heavy atom. The number of esters is 1. The first kappa shape index (κ1) is 13.4. The third-order valence-corrected chi connectivity index (χ3v) is 2.79. The van der Waals surface area contributed by atoms with Crippen LogP contribution in [-0.2, 0) is 16.0 Å². The molecule has 0 aliphatic rings. The van der Waals surface area contributed by atoms with Crippen LogP contribution in [0.1, 0.15) is 36.2 Å². The lowest BCUT2D eigenvalue weighted by Gasteiger charge is -2.09. The van der Waals surface area contributed by atoms with Gasteiger partial charge in [-0.3, -0.25) is 9.59 Å². The molecule has 1 aromatic carbocycles. The molecule has 0 aliphatic heterocycles. The fourth-order valence-electron chi connectivity index (χ4n) is 1.62. The maximum atomic E-state index is 12.0. The van der Waals surface area contributed by atoms with Gasteiger partial charge in [-0.15, -0.1) is 0 Å². The molecule has 92 valence electrons. The van der Waals surface area contributed by atoms with Crippen LogP contribution in [0.5, 0.6) is 0 Å². The second kappa shape index (κ2) is 6.18. The number of aryl methyl sites for hydroxylation is 1. The van der Waals surface area contributed by atoms with Gasteiger partial charge in [-0.1, -0.05) is 38.1 Å². The van der Waals surface area contributed by atoms with E-state index in [-0.39, 0.29) is 24.1 Å². The third kappa shape index (κ3) is 3.70. The van der Waals surface area contributed by atoms with Crippen LogP contribution in [0, 0.1) is 5.92 Å². The Morgan fingerprint density at radius 2 is 1.82 bits per heavy atom. The Bertz CT molecular complexity index is 392. The van der Waals surface area contributed by atoms with Gasteiger partial charge in [0, 0.05) is 11.5 Å². The second-order valence-electron chi connectivity index (χ2n) is 4.10. The fraction of sp³-hybridized carbons (Fsp3) is 0.429. The van der Waals surface area contributed by atoms with Crippen molar-refractivity contribution >= 4 is 11.8 Å². The summed E-state index contributed by atoms with van der Waals surface area (Å²) in [4.78, 5) is 23.1. The summed E-state index contributed by atoms with van der Waals surface area (Å²) in [5, 5.41) is 0. The number of carbonyl (C=O) groups is 2. The molecule has 0 amide bonds. The summed E-state index contributed by atoms with van der Waals surface area (Å²) in [5.41, 5.74) is 1.85. The number of ketones is 1. The summed E-state index contributed by atoms with van der Waals surface area (Å²) in [7, 11) is 1.33. The number of hydrogen-bond acceptors (Lipinski definition) is 3. The number of carbonyl (C=O) groups excluding carboxylic acids is 2. The van der Waals surface area contributed by atoms with Gasteiger partial charge in [0.2, 0.25) is 0 Å². The average molecular weight is 234 g/mol. The Morgan fingerprint density at radius 1 is 1.24 bits per heavy atom. The Balaban J connectivity index is 2.71. The first-order valence-electron chi connectivity index (χ1n) is 5.78. The van der Waals surface area contributed by atoms with Crippen molar-refractivity contribution in [3.63, 3.8) is 0 Å². The first-order chi connectivity index (χ1) is 8.08. The van der Waals surface area contributed by atoms with E-state index in [1.807, 2.05) is 24.3 Å². The van der Waals surface area contributed by atoms with Crippen molar-refractivity contribution in [1.82, 2.24) is 0 Å². The van der Waals surface area contributed by atoms with Gasteiger partial charge in [0.25, 0.3) is 0 Å². The van der Waals surface area contributed by atoms with E-state index in [1.165, 1.54) is 12.7 Å². The van der Waals surface area contributed by atoms with Gasteiger partial charge in [-0.2, -0.15) is 0 Å². The van der Waals surface area contributed by atoms with Crippen molar-refractivity contribution in [2.45, 2.75) is 26.7 Å². The highest BCUT2D eigenvalue weighted by molar-refractivity contribution is 5.99. The van der Waals surface area contributed by atoms with Crippen molar-refractivity contribution < 1.29 is 14.3 Å². The van der Waals surface area contributed by atoms with E-state index < -0.39 is 0 Å². The molecule has 0 spiro atoms. The number of ether oxygens (including phenoxy) is 1. The molecule has 1 unspecified atom stereocenters. The highest BCUT2D eigenvalue weighted by Crippen LogP contribution is 2.14. The molecular weight excluding hydrogens is 216 g/mol. The lowest BCUT2D eigenvalue weighted by atomic mass is 9.95. The molecule has 3 heteroatoms. The highest BCUT2D eigenvalue weighted by Gasteiger charge is 2.18. The van der Waals surface area contributed by atoms with E-state index in [1.54, 1.807) is 6.92 Å². The molecule has 0 radical (unpaired) electrons. The molecule has 0 fully saturated rings. The Kier molecular flexibility index (Phi) is 4.88. The lowest BCUT2D eigenvalue weighted by Crippen LogP contribution is -2.16. The van der Waals surface area contributed by atoms with Crippen LogP contribution in [-0.4, -0.2) is 18.9 Å². The standard InChI is InChI=1S/C14H18O3/c1-4-11-5-7-12(8-6-11)14(16)10(2)9-13(15)17-3/h5-8,10H,4,9H2,1-3H3. The summed E-state index contributed by atoms with van der Waals surface area (Å²) in [6.07, 6.45) is 1.08. The zero-order chi connectivity index (χ0) is 12.8. The van der Waals surface area contributed by atoms with Crippen LogP contribution < -0.4 is 0 Å². The van der Waals surface area contributed by atoms with E-state index in [0.29, 0.717) is 5.56 Å². The molecular formula is C14H18O3. The largest absolute Gasteiger partial charge is 0.469 e. The molecule has 3 nitrogen and oxygen atoms in total. The predicted octanol–water partition coefficient (Wildman–Crippen LogP) is 2.63. The topological polar surface area (TPSA) is 43.4 Å². The zero-order valence-corrected chi connectivity index (χ0v) is 10.5. The van der Waals surface area contributed by atoms with Crippen LogP contribution in [0.4, 0.5) is 0 Å². The third-order valence-electron chi connectivity index (χ3n) is 2.79. The van der Waals surface area contributed by atoms with Crippen molar-refractivity contribution in [3.8, 4) is 0 Å². The molecule has 0 aromatic heterocycles. The quantitative estimate of drug-likeness (QED) is 0.581. The molecule has 0 bridgehead atoms. The molecule has 0 N–H and O–H groups in total. The van der Waals surface area contributed by atoms with Gasteiger partial charge >= 0.3 is 5.97 Å². The number of rotatable bonds is 5. The molecule has 1 aromatic rings. The van der Waals surface area contributed by atoms with Crippen LogP contribution in [0.2, 0.25) is 0 Å². The molecule has 1 rings (SSSR count). The van der Waals surface area contributed by atoms with E-state index in [4.69, 9.17) is 0 Å². The van der Waals surface area contributed by atoms with Crippen LogP contribution in [0.25, 0.3) is 0 Å². The van der Waals surface area contributed by atoms with E-state index >= 15 is 0 Å². The highest BCUT2D eigenvalue weighted by atomic mass is 16.5. The van der Waals surface area contributed by atoms with Gasteiger partial charge in [-0.05, 0) is 12.0 Å². The minimum Gasteiger partial charge on any atom is -0.469 e. The minimum absolute atomic E-state index is 0.0157. The predicted molar refractivity (Wildman–Crippen MR) is 65.9 cm³/mol. The summed E-state index contributed by atoms with van der Waals surface area (Å²) < 4.78 is 4.55. The second-order valence-corrected chi connectivity index (χ2v) is 4.10. The van der Waals surface area contributed by atoms with Gasteiger partial charge in [0.05, 0.1) is 13.5 Å². The maximum Gasteiger partial charge on any atom is 0.306 e. The monoisotopic (exact) mass is 234 g/mol. The molecule has 0 saturated heterocycles. The van der Waals surface area contributed by atoms with E-state index in [9.17, 15) is 9.59 Å². The molecule has 0 saturated carbocycles. The summed E-state index contributed by atoms with van der Waals surface area (Å²) in [5.74, 6) is -0.705. The summed E-state index contributed by atoms with van der Waals surface area (Å²) in [6, 6.07) is 7.51. The van der Waals surface area contributed by atoms with Gasteiger partial charge < -0.3 is 4.74 Å². The number of methoxy groups -OCH3 is 1. The molecule has 0 heterocycles. The van der Waals surface area contributed by atoms with Crippen LogP contribution >= 0.6 is 0 Å². The molecule has 1 atom stereocenters. The SMILES string of the molecule is CCc1ccc(C(=O)C(C)CC(=O)OC)cc1. The van der Waals surface area contributed by atoms with Gasteiger partial charge in [0.15, 0.2) is 5.78 Å². The fourth-order valence-corrected chi connectivity index (χ4v) is 1.62. The average Bonchev–Trinajstić information content (AvgIpc) is 2.37. The van der Waals surface area contributed by atoms with Crippen LogP contribution in [0.15, 0.2) is 24.3 Å². The van der Waals surface area contributed by atoms with Gasteiger partial charge in [-0.25, -0.2) is 0 Å². The van der Waals surface area contributed by atoms with Crippen LogP contribution in [0.3, 0.4) is 0 Å². The Labute approximate surface area is 102 Å². The molecule has 0 aliphatic carbocycles. The maximum absolute atomic E-state index is 12.0.